The van der Waals surface area contributed by atoms with Crippen LogP contribution in [0, 0.1) is 11.3 Å². The fourth-order valence-electron chi connectivity index (χ4n) is 1.28. The molecule has 3 heteroatoms. The van der Waals surface area contributed by atoms with Crippen molar-refractivity contribution in [2.24, 2.45) is 11.3 Å². The van der Waals surface area contributed by atoms with Gasteiger partial charge in [0.05, 0.1) is 5.75 Å². The first-order valence-electron chi connectivity index (χ1n) is 4.39. The van der Waals surface area contributed by atoms with Crippen molar-refractivity contribution in [1.82, 2.24) is 0 Å². The normalized spacial score (nSPS) is 17.8. The highest BCUT2D eigenvalue weighted by molar-refractivity contribution is 7.90. The SMILES string of the molecule is CCC(C)(CS(C)(=O)=O)C(C)C. The first-order valence-corrected chi connectivity index (χ1v) is 6.45. The van der Waals surface area contributed by atoms with Crippen LogP contribution in [-0.2, 0) is 9.84 Å². The zero-order valence-corrected chi connectivity index (χ0v) is 9.53. The monoisotopic (exact) mass is 192 g/mol. The summed E-state index contributed by atoms with van der Waals surface area (Å²) in [6, 6.07) is 0. The molecule has 0 amide bonds. The first kappa shape index (κ1) is 11.9. The molecule has 1 unspecified atom stereocenters. The van der Waals surface area contributed by atoms with Crippen LogP contribution in [0.15, 0.2) is 0 Å². The average Bonchev–Trinajstić information content (AvgIpc) is 1.83. The standard InChI is InChI=1S/C9H20O2S/c1-6-9(4,8(2)3)7-12(5,10)11/h8H,6-7H2,1-5H3. The van der Waals surface area contributed by atoms with Gasteiger partial charge in [-0.05, 0) is 17.8 Å². The molecule has 12 heavy (non-hydrogen) atoms. The summed E-state index contributed by atoms with van der Waals surface area (Å²) in [5.41, 5.74) is -0.0619. The highest BCUT2D eigenvalue weighted by Gasteiger charge is 2.30. The molecule has 0 aromatic rings. The van der Waals surface area contributed by atoms with E-state index in [2.05, 4.69) is 13.8 Å². The van der Waals surface area contributed by atoms with Gasteiger partial charge in [0.25, 0.3) is 0 Å². The highest BCUT2D eigenvalue weighted by atomic mass is 32.2. The molecule has 0 radical (unpaired) electrons. The number of sulfone groups is 1. The maximum atomic E-state index is 11.1. The zero-order valence-electron chi connectivity index (χ0n) is 8.72. The minimum atomic E-state index is -2.84. The van der Waals surface area contributed by atoms with Crippen LogP contribution in [0.25, 0.3) is 0 Å². The van der Waals surface area contributed by atoms with Crippen molar-refractivity contribution in [3.8, 4) is 0 Å². The van der Waals surface area contributed by atoms with Crippen LogP contribution in [0.2, 0.25) is 0 Å². The fraction of sp³-hybridized carbons (Fsp3) is 1.00. The summed E-state index contributed by atoms with van der Waals surface area (Å²) in [5, 5.41) is 0. The van der Waals surface area contributed by atoms with Crippen molar-refractivity contribution in [2.45, 2.75) is 34.1 Å². The molecule has 0 aliphatic carbocycles. The van der Waals surface area contributed by atoms with E-state index in [9.17, 15) is 8.42 Å². The summed E-state index contributed by atoms with van der Waals surface area (Å²) in [6.07, 6.45) is 2.22. The maximum absolute atomic E-state index is 11.1. The van der Waals surface area contributed by atoms with E-state index < -0.39 is 9.84 Å². The fourth-order valence-corrected chi connectivity index (χ4v) is 3.01. The molecule has 0 bridgehead atoms. The Labute approximate surface area is 76.3 Å². The molecule has 0 saturated heterocycles. The topological polar surface area (TPSA) is 34.1 Å². The predicted octanol–water partition coefficient (Wildman–Crippen LogP) is 2.10. The van der Waals surface area contributed by atoms with Crippen molar-refractivity contribution in [1.29, 1.82) is 0 Å². The Balaban J connectivity index is 4.57. The lowest BCUT2D eigenvalue weighted by atomic mass is 9.79. The van der Waals surface area contributed by atoms with E-state index >= 15 is 0 Å². The molecule has 0 spiro atoms. The Bertz CT molecular complexity index is 229. The Hall–Kier alpha value is -0.0500. The molecule has 0 aromatic heterocycles. The summed E-state index contributed by atoms with van der Waals surface area (Å²) < 4.78 is 22.2. The van der Waals surface area contributed by atoms with Gasteiger partial charge in [0.2, 0.25) is 0 Å². The molecule has 74 valence electrons. The third-order valence-electron chi connectivity index (χ3n) is 2.79. The van der Waals surface area contributed by atoms with Gasteiger partial charge in [-0.15, -0.1) is 0 Å². The highest BCUT2D eigenvalue weighted by Crippen LogP contribution is 2.31. The molecular weight excluding hydrogens is 172 g/mol. The Morgan fingerprint density at radius 2 is 1.75 bits per heavy atom. The van der Waals surface area contributed by atoms with Gasteiger partial charge in [-0.1, -0.05) is 27.7 Å². The molecule has 0 heterocycles. The predicted molar refractivity (Wildman–Crippen MR) is 52.9 cm³/mol. The zero-order chi connectivity index (χ0) is 9.99. The Morgan fingerprint density at radius 1 is 1.33 bits per heavy atom. The third-order valence-corrected chi connectivity index (χ3v) is 3.98. The molecule has 0 fully saturated rings. The van der Waals surface area contributed by atoms with Gasteiger partial charge >= 0.3 is 0 Å². The quantitative estimate of drug-likeness (QED) is 0.683. The summed E-state index contributed by atoms with van der Waals surface area (Å²) in [4.78, 5) is 0. The van der Waals surface area contributed by atoms with E-state index in [0.717, 1.165) is 6.42 Å². The van der Waals surface area contributed by atoms with Gasteiger partial charge < -0.3 is 0 Å². The van der Waals surface area contributed by atoms with E-state index in [-0.39, 0.29) is 5.41 Å². The molecule has 0 N–H and O–H groups in total. The van der Waals surface area contributed by atoms with E-state index in [0.29, 0.717) is 11.7 Å². The molecule has 0 aromatic carbocycles. The molecule has 2 nitrogen and oxygen atoms in total. The van der Waals surface area contributed by atoms with Crippen molar-refractivity contribution in [2.75, 3.05) is 12.0 Å². The van der Waals surface area contributed by atoms with Gasteiger partial charge in [0.1, 0.15) is 9.84 Å². The van der Waals surface area contributed by atoms with Crippen LogP contribution in [0.3, 0.4) is 0 Å². The van der Waals surface area contributed by atoms with E-state index in [4.69, 9.17) is 0 Å². The molecule has 0 aliphatic heterocycles. The summed E-state index contributed by atoms with van der Waals surface area (Å²) in [6.45, 7) is 8.24. The van der Waals surface area contributed by atoms with Crippen molar-refractivity contribution in [3.05, 3.63) is 0 Å². The lowest BCUT2D eigenvalue weighted by Crippen LogP contribution is -2.31. The van der Waals surface area contributed by atoms with E-state index in [1.807, 2.05) is 13.8 Å². The van der Waals surface area contributed by atoms with Crippen LogP contribution >= 0.6 is 0 Å². The van der Waals surface area contributed by atoms with Crippen molar-refractivity contribution >= 4 is 9.84 Å². The average molecular weight is 192 g/mol. The number of rotatable bonds is 4. The third kappa shape index (κ3) is 3.57. The van der Waals surface area contributed by atoms with Gasteiger partial charge in [-0.3, -0.25) is 0 Å². The molecule has 1 atom stereocenters. The van der Waals surface area contributed by atoms with Gasteiger partial charge in [-0.25, -0.2) is 8.42 Å². The minimum absolute atomic E-state index is 0.0619. The van der Waals surface area contributed by atoms with Crippen LogP contribution in [-0.4, -0.2) is 20.4 Å². The lowest BCUT2D eigenvalue weighted by molar-refractivity contribution is 0.243. The summed E-state index contributed by atoms with van der Waals surface area (Å²) in [7, 11) is -2.84. The van der Waals surface area contributed by atoms with Crippen molar-refractivity contribution in [3.63, 3.8) is 0 Å². The van der Waals surface area contributed by atoms with Crippen molar-refractivity contribution < 1.29 is 8.42 Å². The summed E-state index contributed by atoms with van der Waals surface area (Å²) in [5.74, 6) is 0.714. The molecular formula is C9H20O2S. The van der Waals surface area contributed by atoms with E-state index in [1.54, 1.807) is 0 Å². The Kier molecular flexibility index (Phi) is 3.76. The van der Waals surface area contributed by atoms with Crippen LogP contribution < -0.4 is 0 Å². The first-order chi connectivity index (χ1) is 5.21. The largest absolute Gasteiger partial charge is 0.229 e. The molecule has 0 aliphatic rings. The second kappa shape index (κ2) is 3.77. The van der Waals surface area contributed by atoms with Crippen LogP contribution in [0.5, 0.6) is 0 Å². The minimum Gasteiger partial charge on any atom is -0.229 e. The second-order valence-corrected chi connectivity index (χ2v) is 6.37. The van der Waals surface area contributed by atoms with Crippen LogP contribution in [0.1, 0.15) is 34.1 Å². The molecule has 0 saturated carbocycles. The van der Waals surface area contributed by atoms with Crippen LogP contribution in [0.4, 0.5) is 0 Å². The van der Waals surface area contributed by atoms with Gasteiger partial charge in [-0.2, -0.15) is 0 Å². The Morgan fingerprint density at radius 3 is 1.83 bits per heavy atom. The molecule has 0 rings (SSSR count). The van der Waals surface area contributed by atoms with Gasteiger partial charge in [0.15, 0.2) is 0 Å². The summed E-state index contributed by atoms with van der Waals surface area (Å²) >= 11 is 0. The van der Waals surface area contributed by atoms with E-state index in [1.165, 1.54) is 6.26 Å². The second-order valence-electron chi connectivity index (χ2n) is 4.23. The maximum Gasteiger partial charge on any atom is 0.148 e. The van der Waals surface area contributed by atoms with Gasteiger partial charge in [0, 0.05) is 6.26 Å². The number of hydrogen-bond donors (Lipinski definition) is 0. The number of hydrogen-bond acceptors (Lipinski definition) is 2. The smallest absolute Gasteiger partial charge is 0.148 e. The lowest BCUT2D eigenvalue weighted by Gasteiger charge is -2.31.